The van der Waals surface area contributed by atoms with Crippen molar-refractivity contribution < 1.29 is 0 Å². The fourth-order valence-electron chi connectivity index (χ4n) is 7.09. The van der Waals surface area contributed by atoms with Crippen molar-refractivity contribution in [2.75, 3.05) is 0 Å². The molecular formula is C36H42P2. The van der Waals surface area contributed by atoms with Gasteiger partial charge in [0.15, 0.2) is 0 Å². The van der Waals surface area contributed by atoms with Crippen molar-refractivity contribution in [1.82, 2.24) is 0 Å². The Morgan fingerprint density at radius 2 is 0.658 bits per heavy atom. The molecule has 0 N–H and O–H groups in total. The van der Waals surface area contributed by atoms with Crippen molar-refractivity contribution in [3.05, 3.63) is 121 Å². The van der Waals surface area contributed by atoms with Gasteiger partial charge in [0.1, 0.15) is 0 Å². The lowest BCUT2D eigenvalue weighted by atomic mass is 9.68. The molecule has 1 saturated carbocycles. The van der Waals surface area contributed by atoms with Crippen LogP contribution in [0.3, 0.4) is 0 Å². The first-order chi connectivity index (χ1) is 18.4. The van der Waals surface area contributed by atoms with Gasteiger partial charge in [0, 0.05) is 0 Å². The van der Waals surface area contributed by atoms with Crippen LogP contribution in [0, 0.1) is 11.8 Å². The quantitative estimate of drug-likeness (QED) is 0.198. The van der Waals surface area contributed by atoms with Gasteiger partial charge in [0.25, 0.3) is 0 Å². The number of rotatable bonds is 8. The van der Waals surface area contributed by atoms with E-state index in [4.69, 9.17) is 0 Å². The second-order valence-electron chi connectivity index (χ2n) is 11.8. The van der Waals surface area contributed by atoms with Crippen LogP contribution in [-0.4, -0.2) is 10.3 Å². The second-order valence-corrected chi connectivity index (χ2v) is 17.5. The predicted octanol–water partition coefficient (Wildman–Crippen LogP) is 8.62. The topological polar surface area (TPSA) is 0 Å². The molecule has 2 heteroatoms. The van der Waals surface area contributed by atoms with E-state index >= 15 is 0 Å². The van der Waals surface area contributed by atoms with Crippen LogP contribution in [0.2, 0.25) is 0 Å². The van der Waals surface area contributed by atoms with Gasteiger partial charge in [-0.05, 0) is 72.1 Å². The fourth-order valence-corrected chi connectivity index (χ4v) is 13.5. The largest absolute Gasteiger partial charge is 0.0622 e. The molecule has 0 saturated heterocycles. The fraction of sp³-hybridized carbons (Fsp3) is 0.333. The van der Waals surface area contributed by atoms with Crippen LogP contribution in [0.25, 0.3) is 0 Å². The van der Waals surface area contributed by atoms with E-state index < -0.39 is 15.8 Å². The number of hydrogen-bond donors (Lipinski definition) is 0. The maximum atomic E-state index is 2.60. The summed E-state index contributed by atoms with van der Waals surface area (Å²) < 4.78 is 0. The zero-order chi connectivity index (χ0) is 26.6. The third-order valence-electron chi connectivity index (χ3n) is 8.79. The summed E-state index contributed by atoms with van der Waals surface area (Å²) in [5.74, 6) is 1.32. The van der Waals surface area contributed by atoms with Gasteiger partial charge >= 0.3 is 0 Å². The zero-order valence-corrected chi connectivity index (χ0v) is 25.2. The van der Waals surface area contributed by atoms with Gasteiger partial charge in [0.05, 0.1) is 0 Å². The zero-order valence-electron chi connectivity index (χ0n) is 23.4. The van der Waals surface area contributed by atoms with Crippen molar-refractivity contribution in [2.45, 2.75) is 63.7 Å². The molecule has 1 fully saturated rings. The summed E-state index contributed by atoms with van der Waals surface area (Å²) in [6.07, 6.45) is 5.35. The lowest BCUT2D eigenvalue weighted by Crippen LogP contribution is -2.49. The lowest BCUT2D eigenvalue weighted by Gasteiger charge is -2.54. The standard InChI is InChI=1S/C36H42P2/c1-35(2,37(29-19-9-5-10-20-29)30-21-11-6-12-22-30)33-27-17-18-28-34(33)36(3,4)38(31-23-13-7-14-24-31)32-25-15-8-16-26-32/h5-16,19-26,33-34H,17-18,27-28H2,1-4H3. The van der Waals surface area contributed by atoms with Crippen LogP contribution in [-0.2, 0) is 0 Å². The molecule has 4 aromatic rings. The van der Waals surface area contributed by atoms with Crippen LogP contribution >= 0.6 is 15.8 Å². The average Bonchev–Trinajstić information content (AvgIpc) is 2.95. The molecule has 2 unspecified atom stereocenters. The van der Waals surface area contributed by atoms with Crippen LogP contribution in [0.1, 0.15) is 53.4 Å². The van der Waals surface area contributed by atoms with Crippen molar-refractivity contribution in [3.8, 4) is 0 Å². The summed E-state index contributed by atoms with van der Waals surface area (Å²) in [6.45, 7) is 10.4. The predicted molar refractivity (Wildman–Crippen MR) is 172 cm³/mol. The summed E-state index contributed by atoms with van der Waals surface area (Å²) in [5.41, 5.74) is 0. The van der Waals surface area contributed by atoms with E-state index in [1.807, 2.05) is 0 Å². The summed E-state index contributed by atoms with van der Waals surface area (Å²) in [4.78, 5) is 0. The molecule has 0 heterocycles. The van der Waals surface area contributed by atoms with E-state index in [2.05, 4.69) is 149 Å². The molecule has 0 aromatic heterocycles. The molecule has 38 heavy (non-hydrogen) atoms. The first-order valence-electron chi connectivity index (χ1n) is 14.2. The minimum atomic E-state index is -0.511. The summed E-state index contributed by atoms with van der Waals surface area (Å²) in [5, 5.41) is 6.38. The smallest absolute Gasteiger partial charge is 0.00397 e. The maximum Gasteiger partial charge on any atom is -0.00397 e. The Bertz CT molecular complexity index is 1080. The van der Waals surface area contributed by atoms with Crippen LogP contribution < -0.4 is 21.2 Å². The van der Waals surface area contributed by atoms with Gasteiger partial charge in [-0.2, -0.15) is 0 Å². The molecule has 5 rings (SSSR count). The molecule has 1 aliphatic rings. The molecule has 0 bridgehead atoms. The molecule has 0 nitrogen and oxygen atoms in total. The SMILES string of the molecule is CC(C)(C1CCCCC1C(C)(C)P(c1ccccc1)c1ccccc1)P(c1ccccc1)c1ccccc1. The van der Waals surface area contributed by atoms with Crippen molar-refractivity contribution >= 4 is 37.1 Å². The van der Waals surface area contributed by atoms with E-state index in [-0.39, 0.29) is 10.3 Å². The summed E-state index contributed by atoms with van der Waals surface area (Å²) in [7, 11) is -1.02. The molecular weight excluding hydrogens is 494 g/mol. The highest BCUT2D eigenvalue weighted by atomic mass is 31.1. The normalized spacial score (nSPS) is 18.6. The highest BCUT2D eigenvalue weighted by molar-refractivity contribution is 7.75. The molecule has 0 aliphatic heterocycles. The third kappa shape index (κ3) is 5.55. The Labute approximate surface area is 233 Å². The molecule has 196 valence electrons. The Balaban J connectivity index is 1.60. The molecule has 0 spiro atoms. The van der Waals surface area contributed by atoms with E-state index in [9.17, 15) is 0 Å². The summed E-state index contributed by atoms with van der Waals surface area (Å²) in [6, 6.07) is 45.5. The molecule has 4 aromatic carbocycles. The first kappa shape index (κ1) is 27.3. The molecule has 0 radical (unpaired) electrons. The van der Waals surface area contributed by atoms with Crippen molar-refractivity contribution in [3.63, 3.8) is 0 Å². The average molecular weight is 537 g/mol. The van der Waals surface area contributed by atoms with E-state index in [0.29, 0.717) is 11.8 Å². The van der Waals surface area contributed by atoms with E-state index in [1.165, 1.54) is 46.9 Å². The minimum absolute atomic E-state index is 0.175. The van der Waals surface area contributed by atoms with Crippen LogP contribution in [0.5, 0.6) is 0 Å². The van der Waals surface area contributed by atoms with Crippen molar-refractivity contribution in [2.24, 2.45) is 11.8 Å². The lowest BCUT2D eigenvalue weighted by molar-refractivity contribution is 0.163. The highest BCUT2D eigenvalue weighted by Crippen LogP contribution is 2.63. The van der Waals surface area contributed by atoms with Gasteiger partial charge < -0.3 is 0 Å². The van der Waals surface area contributed by atoms with Crippen molar-refractivity contribution in [1.29, 1.82) is 0 Å². The van der Waals surface area contributed by atoms with E-state index in [1.54, 1.807) is 0 Å². The Hall–Kier alpha value is -2.26. The summed E-state index contributed by atoms with van der Waals surface area (Å²) >= 11 is 0. The Morgan fingerprint density at radius 1 is 0.421 bits per heavy atom. The van der Waals surface area contributed by atoms with Gasteiger partial charge in [-0.15, -0.1) is 0 Å². The minimum Gasteiger partial charge on any atom is -0.0622 e. The van der Waals surface area contributed by atoms with Crippen LogP contribution in [0.15, 0.2) is 121 Å². The molecule has 2 atom stereocenters. The Morgan fingerprint density at radius 3 is 0.895 bits per heavy atom. The third-order valence-corrected chi connectivity index (χ3v) is 15.0. The first-order valence-corrected chi connectivity index (χ1v) is 16.9. The second kappa shape index (κ2) is 11.9. The van der Waals surface area contributed by atoms with Crippen LogP contribution in [0.4, 0.5) is 0 Å². The maximum absolute atomic E-state index is 2.60. The van der Waals surface area contributed by atoms with E-state index in [0.717, 1.165) is 0 Å². The number of hydrogen-bond acceptors (Lipinski definition) is 0. The van der Waals surface area contributed by atoms with Gasteiger partial charge in [0.2, 0.25) is 0 Å². The highest BCUT2D eigenvalue weighted by Gasteiger charge is 2.50. The monoisotopic (exact) mass is 536 g/mol. The number of benzene rings is 4. The molecule has 1 aliphatic carbocycles. The van der Waals surface area contributed by atoms with Gasteiger partial charge in [-0.25, -0.2) is 0 Å². The van der Waals surface area contributed by atoms with Gasteiger partial charge in [-0.1, -0.05) is 162 Å². The molecule has 0 amide bonds. The Kier molecular flexibility index (Phi) is 8.53. The van der Waals surface area contributed by atoms with Gasteiger partial charge in [-0.3, -0.25) is 0 Å².